The van der Waals surface area contributed by atoms with Crippen LogP contribution in [0.1, 0.15) is 11.1 Å². The molecule has 144 valence electrons. The Morgan fingerprint density at radius 3 is 2.62 bits per heavy atom. The van der Waals surface area contributed by atoms with Gasteiger partial charge in [-0.25, -0.2) is 13.5 Å². The fourth-order valence-electron chi connectivity index (χ4n) is 3.81. The number of hydrogen-bond acceptors (Lipinski definition) is 2. The molecular formula is C23H17F2N3O. The van der Waals surface area contributed by atoms with Gasteiger partial charge in [-0.15, -0.1) is 0 Å². The molecule has 0 bridgehead atoms. The molecule has 2 heterocycles. The molecule has 6 heteroatoms. The van der Waals surface area contributed by atoms with Crippen molar-refractivity contribution in [2.45, 2.75) is 5.60 Å². The highest BCUT2D eigenvalue weighted by atomic mass is 19.1. The van der Waals surface area contributed by atoms with Crippen molar-refractivity contribution in [3.8, 4) is 5.69 Å². The summed E-state index contributed by atoms with van der Waals surface area (Å²) in [6.45, 7) is -0.970. The highest BCUT2D eigenvalue weighted by molar-refractivity contribution is 5.85. The van der Waals surface area contributed by atoms with Crippen molar-refractivity contribution in [2.24, 2.45) is 0 Å². The first-order valence-electron chi connectivity index (χ1n) is 9.19. The minimum Gasteiger partial charge on any atom is -0.378 e. The van der Waals surface area contributed by atoms with Gasteiger partial charge in [-0.05, 0) is 53.4 Å². The Labute approximate surface area is 165 Å². The number of benzene rings is 3. The first-order chi connectivity index (χ1) is 14.1. The molecule has 0 amide bonds. The van der Waals surface area contributed by atoms with Crippen molar-refractivity contribution in [1.29, 1.82) is 0 Å². The predicted molar refractivity (Wildman–Crippen MR) is 108 cm³/mol. The van der Waals surface area contributed by atoms with Crippen LogP contribution in [-0.2, 0) is 5.60 Å². The summed E-state index contributed by atoms with van der Waals surface area (Å²) in [6, 6.07) is 18.6. The average molecular weight is 389 g/mol. The van der Waals surface area contributed by atoms with Gasteiger partial charge < -0.3 is 10.1 Å². The van der Waals surface area contributed by atoms with E-state index in [4.69, 9.17) is 0 Å². The van der Waals surface area contributed by atoms with Crippen molar-refractivity contribution in [1.82, 2.24) is 14.8 Å². The Hall–Kier alpha value is -3.51. The maximum atomic E-state index is 14.2. The Balaban J connectivity index is 1.64. The summed E-state index contributed by atoms with van der Waals surface area (Å²) in [5.41, 5.74) is 1.32. The number of nitrogens with one attached hydrogen (secondary N) is 1. The largest absolute Gasteiger partial charge is 0.378 e. The zero-order valence-electron chi connectivity index (χ0n) is 15.3. The number of halogens is 2. The van der Waals surface area contributed by atoms with Crippen LogP contribution in [0.15, 0.2) is 79.1 Å². The number of nitrogens with zero attached hydrogens (tertiary/aromatic N) is 2. The zero-order valence-corrected chi connectivity index (χ0v) is 15.3. The van der Waals surface area contributed by atoms with Gasteiger partial charge in [0.25, 0.3) is 0 Å². The number of aromatic nitrogens is 3. The number of rotatable bonds is 4. The van der Waals surface area contributed by atoms with Gasteiger partial charge in [0.2, 0.25) is 0 Å². The van der Waals surface area contributed by atoms with Gasteiger partial charge in [0.05, 0.1) is 22.9 Å². The van der Waals surface area contributed by atoms with Gasteiger partial charge in [0.15, 0.2) is 0 Å². The van der Waals surface area contributed by atoms with Crippen LogP contribution >= 0.6 is 0 Å². The fraction of sp³-hybridized carbons (Fsp3) is 0.0870. The Kier molecular flexibility index (Phi) is 3.96. The third-order valence-electron chi connectivity index (χ3n) is 5.34. The van der Waals surface area contributed by atoms with Crippen LogP contribution in [0.5, 0.6) is 0 Å². The predicted octanol–water partition coefficient (Wildman–Crippen LogP) is 4.85. The van der Waals surface area contributed by atoms with E-state index in [2.05, 4.69) is 10.1 Å². The van der Waals surface area contributed by atoms with Crippen molar-refractivity contribution in [3.63, 3.8) is 0 Å². The molecular weight excluding hydrogens is 372 g/mol. The lowest BCUT2D eigenvalue weighted by Crippen LogP contribution is -2.30. The molecule has 0 aliphatic rings. The molecule has 0 saturated heterocycles. The van der Waals surface area contributed by atoms with E-state index in [0.29, 0.717) is 22.3 Å². The Morgan fingerprint density at radius 1 is 1.00 bits per heavy atom. The molecule has 0 saturated carbocycles. The minimum absolute atomic E-state index is 0.320. The third-order valence-corrected chi connectivity index (χ3v) is 5.34. The van der Waals surface area contributed by atoms with Crippen LogP contribution in [0.25, 0.3) is 27.5 Å². The second kappa shape index (κ2) is 6.53. The van der Waals surface area contributed by atoms with Crippen LogP contribution in [-0.4, -0.2) is 26.5 Å². The number of fused-ring (bicyclic) bond motifs is 2. The maximum Gasteiger partial charge on any atom is 0.145 e. The second-order valence-corrected chi connectivity index (χ2v) is 7.05. The summed E-state index contributed by atoms with van der Waals surface area (Å²) in [5, 5.41) is 17.4. The molecule has 5 aromatic rings. The summed E-state index contributed by atoms with van der Waals surface area (Å²) in [4.78, 5) is 3.09. The number of H-pyrrole nitrogens is 1. The van der Waals surface area contributed by atoms with Gasteiger partial charge in [-0.1, -0.05) is 24.3 Å². The molecule has 2 aromatic heterocycles. The second-order valence-electron chi connectivity index (χ2n) is 7.05. The summed E-state index contributed by atoms with van der Waals surface area (Å²) in [7, 11) is 0. The summed E-state index contributed by atoms with van der Waals surface area (Å²) in [6.07, 6.45) is 3.42. The topological polar surface area (TPSA) is 53.8 Å². The minimum atomic E-state index is -1.80. The highest BCUT2D eigenvalue weighted by Crippen LogP contribution is 2.36. The molecule has 29 heavy (non-hydrogen) atoms. The summed E-state index contributed by atoms with van der Waals surface area (Å²) < 4.78 is 29.1. The van der Waals surface area contributed by atoms with E-state index in [1.54, 1.807) is 59.5 Å². The van der Waals surface area contributed by atoms with Crippen LogP contribution in [0.3, 0.4) is 0 Å². The first-order valence-corrected chi connectivity index (χ1v) is 9.19. The van der Waals surface area contributed by atoms with Crippen LogP contribution in [0.4, 0.5) is 8.78 Å². The van der Waals surface area contributed by atoms with E-state index < -0.39 is 12.3 Å². The molecule has 5 rings (SSSR count). The van der Waals surface area contributed by atoms with Gasteiger partial charge in [-0.3, -0.25) is 0 Å². The maximum absolute atomic E-state index is 14.2. The van der Waals surface area contributed by atoms with E-state index in [1.165, 1.54) is 12.1 Å². The molecule has 1 unspecified atom stereocenters. The normalized spacial score (nSPS) is 13.8. The van der Waals surface area contributed by atoms with Crippen molar-refractivity contribution < 1.29 is 13.9 Å². The van der Waals surface area contributed by atoms with Gasteiger partial charge in [0.1, 0.15) is 18.1 Å². The molecule has 0 aliphatic heterocycles. The lowest BCUT2D eigenvalue weighted by molar-refractivity contribution is 0.0532. The smallest absolute Gasteiger partial charge is 0.145 e. The molecule has 2 N–H and O–H groups in total. The lowest BCUT2D eigenvalue weighted by Gasteiger charge is -2.27. The van der Waals surface area contributed by atoms with Crippen LogP contribution in [0.2, 0.25) is 0 Å². The fourth-order valence-corrected chi connectivity index (χ4v) is 3.81. The van der Waals surface area contributed by atoms with Crippen molar-refractivity contribution in [2.75, 3.05) is 6.67 Å². The molecule has 0 spiro atoms. The zero-order chi connectivity index (χ0) is 20.0. The van der Waals surface area contributed by atoms with E-state index in [1.807, 2.05) is 12.1 Å². The summed E-state index contributed by atoms with van der Waals surface area (Å²) >= 11 is 0. The van der Waals surface area contributed by atoms with E-state index in [0.717, 1.165) is 16.3 Å². The van der Waals surface area contributed by atoms with Crippen molar-refractivity contribution >= 4 is 21.8 Å². The standard InChI is InChI=1S/C23H17F2N3O/c24-14-23(29,20-3-1-2-15-10-11-26-22(15)20)17-4-9-21-16(12-17)13-27-28(21)19-7-5-18(25)6-8-19/h1-13,26,29H,14H2. The molecule has 3 aromatic carbocycles. The monoisotopic (exact) mass is 389 g/mol. The van der Waals surface area contributed by atoms with Crippen molar-refractivity contribution in [3.05, 3.63) is 96.1 Å². The molecule has 0 aliphatic carbocycles. The number of alkyl halides is 1. The lowest BCUT2D eigenvalue weighted by atomic mass is 9.86. The molecule has 1 atom stereocenters. The molecule has 0 radical (unpaired) electrons. The number of hydrogen-bond donors (Lipinski definition) is 2. The quantitative estimate of drug-likeness (QED) is 0.462. The van der Waals surface area contributed by atoms with Gasteiger partial charge in [-0.2, -0.15) is 5.10 Å². The van der Waals surface area contributed by atoms with Gasteiger partial charge in [0, 0.05) is 17.1 Å². The van der Waals surface area contributed by atoms with E-state index in [-0.39, 0.29) is 5.82 Å². The highest BCUT2D eigenvalue weighted by Gasteiger charge is 2.34. The first kappa shape index (κ1) is 17.6. The van der Waals surface area contributed by atoms with Crippen LogP contribution in [0, 0.1) is 5.82 Å². The number of aromatic amines is 1. The Bertz CT molecular complexity index is 1320. The average Bonchev–Trinajstić information content (AvgIpc) is 3.40. The number of aliphatic hydroxyl groups is 1. The van der Waals surface area contributed by atoms with E-state index in [9.17, 15) is 13.9 Å². The number of para-hydroxylation sites is 1. The molecule has 4 nitrogen and oxygen atoms in total. The van der Waals surface area contributed by atoms with E-state index >= 15 is 0 Å². The Morgan fingerprint density at radius 2 is 1.83 bits per heavy atom. The molecule has 0 fully saturated rings. The van der Waals surface area contributed by atoms with Crippen LogP contribution < -0.4 is 0 Å². The third kappa shape index (κ3) is 2.72. The van der Waals surface area contributed by atoms with Gasteiger partial charge >= 0.3 is 0 Å². The SMILES string of the molecule is OC(CF)(c1ccc2c(cnn2-c2ccc(F)cc2)c1)c1cccc2cc[nH]c12. The summed E-state index contributed by atoms with van der Waals surface area (Å²) in [5.74, 6) is -0.320.